The van der Waals surface area contributed by atoms with Crippen molar-refractivity contribution < 1.29 is 4.79 Å². The van der Waals surface area contributed by atoms with E-state index in [1.54, 1.807) is 16.7 Å². The van der Waals surface area contributed by atoms with Crippen molar-refractivity contribution >= 4 is 34.6 Å². The summed E-state index contributed by atoms with van der Waals surface area (Å²) >= 11 is 12.3. The molecule has 1 aromatic carbocycles. The van der Waals surface area contributed by atoms with Gasteiger partial charge in [-0.25, -0.2) is 4.98 Å². The molecule has 1 aliphatic carbocycles. The van der Waals surface area contributed by atoms with Crippen molar-refractivity contribution in [3.05, 3.63) is 70.2 Å². The van der Waals surface area contributed by atoms with Gasteiger partial charge in [-0.05, 0) is 55.5 Å². The largest absolute Gasteiger partial charge is 0.344 e. The summed E-state index contributed by atoms with van der Waals surface area (Å²) in [5, 5.41) is 4.45. The summed E-state index contributed by atoms with van der Waals surface area (Å²) in [5.74, 6) is 0.250. The van der Waals surface area contributed by atoms with E-state index in [-0.39, 0.29) is 11.4 Å². The number of carbonyl (C=O) groups excluding carboxylic acids is 1. The van der Waals surface area contributed by atoms with Crippen LogP contribution in [0.4, 0.5) is 0 Å². The fourth-order valence-electron chi connectivity index (χ4n) is 3.39. The number of fused-ring (bicyclic) bond motifs is 1. The Labute approximate surface area is 155 Å². The average Bonchev–Trinajstić information content (AvgIpc) is 2.99. The van der Waals surface area contributed by atoms with E-state index in [1.807, 2.05) is 36.5 Å². The quantitative estimate of drug-likeness (QED) is 0.729. The smallest absolute Gasteiger partial charge is 0.288 e. The Morgan fingerprint density at radius 3 is 2.80 bits per heavy atom. The van der Waals surface area contributed by atoms with E-state index in [4.69, 9.17) is 23.2 Å². The fourth-order valence-corrected chi connectivity index (χ4v) is 3.86. The number of carbonyl (C=O) groups is 1. The second-order valence-corrected chi connectivity index (χ2v) is 7.42. The third kappa shape index (κ3) is 3.12. The molecular weight excluding hydrogens is 357 g/mol. The summed E-state index contributed by atoms with van der Waals surface area (Å²) < 4.78 is 1.80. The Balaban J connectivity index is 1.58. The summed E-state index contributed by atoms with van der Waals surface area (Å²) in [7, 11) is 0. The van der Waals surface area contributed by atoms with Crippen molar-refractivity contribution in [2.24, 2.45) is 0 Å². The molecule has 2 heterocycles. The second kappa shape index (κ2) is 6.36. The molecule has 0 bridgehead atoms. The van der Waals surface area contributed by atoms with Gasteiger partial charge in [-0.3, -0.25) is 9.20 Å². The van der Waals surface area contributed by atoms with E-state index in [9.17, 15) is 4.79 Å². The second-order valence-electron chi connectivity index (χ2n) is 6.58. The molecule has 0 radical (unpaired) electrons. The lowest BCUT2D eigenvalue weighted by molar-refractivity contribution is 0.0815. The highest BCUT2D eigenvalue weighted by Gasteiger charge is 2.39. The van der Waals surface area contributed by atoms with Gasteiger partial charge in [0.25, 0.3) is 5.91 Å². The van der Waals surface area contributed by atoms with Crippen molar-refractivity contribution in [1.29, 1.82) is 0 Å². The normalized spacial score (nSPS) is 15.8. The van der Waals surface area contributed by atoms with Crippen LogP contribution in [-0.2, 0) is 6.42 Å². The van der Waals surface area contributed by atoms with Gasteiger partial charge in [0.2, 0.25) is 5.82 Å². The van der Waals surface area contributed by atoms with E-state index in [0.29, 0.717) is 22.3 Å². The molecule has 4 nitrogen and oxygen atoms in total. The lowest BCUT2D eigenvalue weighted by Crippen LogP contribution is -2.55. The minimum atomic E-state index is -0.269. The zero-order chi connectivity index (χ0) is 17.4. The van der Waals surface area contributed by atoms with Crippen LogP contribution < -0.4 is 5.32 Å². The van der Waals surface area contributed by atoms with Gasteiger partial charge in [0.15, 0.2) is 0 Å². The van der Waals surface area contributed by atoms with Crippen LogP contribution in [0.15, 0.2) is 48.8 Å². The molecule has 6 heteroatoms. The Hall–Kier alpha value is -2.04. The van der Waals surface area contributed by atoms with Crippen LogP contribution in [0.2, 0.25) is 10.0 Å². The maximum absolute atomic E-state index is 12.8. The molecule has 0 spiro atoms. The Morgan fingerprint density at radius 2 is 2.08 bits per heavy atom. The fraction of sp³-hybridized carbons (Fsp3) is 0.263. The van der Waals surface area contributed by atoms with Crippen LogP contribution in [0.3, 0.4) is 0 Å². The zero-order valence-electron chi connectivity index (χ0n) is 13.5. The zero-order valence-corrected chi connectivity index (χ0v) is 15.0. The molecule has 0 atom stereocenters. The molecule has 25 heavy (non-hydrogen) atoms. The summed E-state index contributed by atoms with van der Waals surface area (Å²) in [6, 6.07) is 11.2. The molecule has 1 amide bonds. The van der Waals surface area contributed by atoms with Crippen LogP contribution in [0.25, 0.3) is 5.52 Å². The predicted molar refractivity (Wildman–Crippen MR) is 99.4 cm³/mol. The first-order valence-electron chi connectivity index (χ1n) is 8.25. The van der Waals surface area contributed by atoms with Gasteiger partial charge in [-0.15, -0.1) is 0 Å². The van der Waals surface area contributed by atoms with Gasteiger partial charge in [0, 0.05) is 21.8 Å². The third-order valence-electron chi connectivity index (χ3n) is 4.88. The first kappa shape index (κ1) is 16.4. The third-order valence-corrected chi connectivity index (χ3v) is 5.46. The number of nitrogens with zero attached hydrogens (tertiary/aromatic N) is 2. The highest BCUT2D eigenvalue weighted by atomic mass is 35.5. The van der Waals surface area contributed by atoms with Gasteiger partial charge in [-0.1, -0.05) is 35.3 Å². The van der Waals surface area contributed by atoms with Crippen molar-refractivity contribution in [1.82, 2.24) is 14.7 Å². The first-order chi connectivity index (χ1) is 12.1. The van der Waals surface area contributed by atoms with Crippen LogP contribution in [0, 0.1) is 0 Å². The lowest BCUT2D eigenvalue weighted by atomic mass is 9.72. The van der Waals surface area contributed by atoms with E-state index in [1.165, 1.54) is 0 Å². The molecule has 0 aliphatic heterocycles. The molecule has 1 aliphatic rings. The number of amides is 1. The van der Waals surface area contributed by atoms with Crippen molar-refractivity contribution in [3.8, 4) is 0 Å². The Kier molecular flexibility index (Phi) is 4.18. The number of benzene rings is 1. The Bertz CT molecular complexity index is 947. The Morgan fingerprint density at radius 1 is 1.24 bits per heavy atom. The molecule has 2 aromatic heterocycles. The standard InChI is InChI=1S/C19H17Cl2N3O/c20-14-6-5-13(16(21)10-14)11-19(7-3-8-19)23-18(25)17-22-12-15-4-1-2-9-24(15)17/h1-2,4-6,9-10,12H,3,7-8,11H2,(H,23,25). The number of pyridine rings is 1. The lowest BCUT2D eigenvalue weighted by Gasteiger charge is -2.43. The number of halogens is 2. The maximum Gasteiger partial charge on any atom is 0.288 e. The monoisotopic (exact) mass is 373 g/mol. The molecule has 1 N–H and O–H groups in total. The predicted octanol–water partition coefficient (Wildman–Crippen LogP) is 4.54. The number of imidazole rings is 1. The number of rotatable bonds is 4. The highest BCUT2D eigenvalue weighted by Crippen LogP contribution is 2.37. The maximum atomic E-state index is 12.8. The topological polar surface area (TPSA) is 46.4 Å². The average molecular weight is 374 g/mol. The minimum Gasteiger partial charge on any atom is -0.344 e. The molecule has 0 unspecified atom stereocenters. The summed E-state index contributed by atoms with van der Waals surface area (Å²) in [6.45, 7) is 0. The van der Waals surface area contributed by atoms with Crippen LogP contribution in [0.5, 0.6) is 0 Å². The SMILES string of the molecule is O=C(NC1(Cc2ccc(Cl)cc2Cl)CCC1)c1ncc2ccccn12. The van der Waals surface area contributed by atoms with Gasteiger partial charge >= 0.3 is 0 Å². The molecule has 0 saturated heterocycles. The summed E-state index contributed by atoms with van der Waals surface area (Å²) in [4.78, 5) is 17.1. The van der Waals surface area contributed by atoms with Crippen LogP contribution in [-0.4, -0.2) is 20.8 Å². The van der Waals surface area contributed by atoms with E-state index in [0.717, 1.165) is 30.3 Å². The van der Waals surface area contributed by atoms with Crippen LogP contribution >= 0.6 is 23.2 Å². The number of hydrogen-bond donors (Lipinski definition) is 1. The molecule has 3 aromatic rings. The highest BCUT2D eigenvalue weighted by molar-refractivity contribution is 6.35. The van der Waals surface area contributed by atoms with Gasteiger partial charge in [0.1, 0.15) is 0 Å². The van der Waals surface area contributed by atoms with Crippen molar-refractivity contribution in [2.45, 2.75) is 31.2 Å². The van der Waals surface area contributed by atoms with Crippen LogP contribution in [0.1, 0.15) is 35.4 Å². The molecule has 128 valence electrons. The van der Waals surface area contributed by atoms with Gasteiger partial charge < -0.3 is 5.32 Å². The van der Waals surface area contributed by atoms with Crippen molar-refractivity contribution in [2.75, 3.05) is 0 Å². The summed E-state index contributed by atoms with van der Waals surface area (Å²) in [5.41, 5.74) is 1.63. The van der Waals surface area contributed by atoms with E-state index < -0.39 is 0 Å². The van der Waals surface area contributed by atoms with E-state index in [2.05, 4.69) is 10.3 Å². The number of aromatic nitrogens is 2. The minimum absolute atomic E-state index is 0.156. The molecule has 4 rings (SSSR count). The molecular formula is C19H17Cl2N3O. The molecule has 1 fully saturated rings. The van der Waals surface area contributed by atoms with Gasteiger partial charge in [-0.2, -0.15) is 0 Å². The molecule has 1 saturated carbocycles. The van der Waals surface area contributed by atoms with E-state index >= 15 is 0 Å². The van der Waals surface area contributed by atoms with Crippen molar-refractivity contribution in [3.63, 3.8) is 0 Å². The number of hydrogen-bond acceptors (Lipinski definition) is 2. The van der Waals surface area contributed by atoms with Gasteiger partial charge in [0.05, 0.1) is 11.7 Å². The number of nitrogens with one attached hydrogen (secondary N) is 1. The first-order valence-corrected chi connectivity index (χ1v) is 9.00. The summed E-state index contributed by atoms with van der Waals surface area (Å²) in [6.07, 6.45) is 7.20.